The highest BCUT2D eigenvalue weighted by molar-refractivity contribution is 7.17. The summed E-state index contributed by atoms with van der Waals surface area (Å²) in [5, 5.41) is 2.42. The summed E-state index contributed by atoms with van der Waals surface area (Å²) in [7, 11) is 0. The average molecular weight is 452 g/mol. The normalized spacial score (nSPS) is 14.2. The van der Waals surface area contributed by atoms with E-state index in [1.807, 2.05) is 35.2 Å². The summed E-state index contributed by atoms with van der Waals surface area (Å²) >= 11 is 7.34. The van der Waals surface area contributed by atoms with Crippen LogP contribution in [0.4, 0.5) is 5.69 Å². The van der Waals surface area contributed by atoms with Crippen molar-refractivity contribution in [3.8, 4) is 11.5 Å². The molecule has 31 heavy (non-hydrogen) atoms. The van der Waals surface area contributed by atoms with Crippen LogP contribution in [0.25, 0.3) is 21.7 Å². The number of pyridine rings is 1. The molecule has 0 radical (unpaired) electrons. The second-order valence-electron chi connectivity index (χ2n) is 7.22. The Kier molecular flexibility index (Phi) is 5.17. The van der Waals surface area contributed by atoms with Gasteiger partial charge in [0.1, 0.15) is 15.9 Å². The Bertz CT molecular complexity index is 1310. The van der Waals surface area contributed by atoms with Gasteiger partial charge in [-0.25, -0.2) is 4.98 Å². The largest absolute Gasteiger partial charge is 0.368 e. The summed E-state index contributed by atoms with van der Waals surface area (Å²) in [4.78, 5) is 41.4. The minimum Gasteiger partial charge on any atom is -0.368 e. The highest BCUT2D eigenvalue weighted by Crippen LogP contribution is 2.26. The number of piperazine rings is 1. The van der Waals surface area contributed by atoms with E-state index < -0.39 is 0 Å². The highest BCUT2D eigenvalue weighted by Gasteiger charge is 2.26. The summed E-state index contributed by atoms with van der Waals surface area (Å²) in [5.41, 5.74) is 2.23. The number of halogens is 1. The molecule has 9 heteroatoms. The molecule has 1 aliphatic heterocycles. The van der Waals surface area contributed by atoms with Crippen LogP contribution in [0.5, 0.6) is 0 Å². The maximum atomic E-state index is 13.3. The van der Waals surface area contributed by atoms with Crippen LogP contribution in [0.1, 0.15) is 10.4 Å². The molecule has 7 nitrogen and oxygen atoms in total. The van der Waals surface area contributed by atoms with Crippen molar-refractivity contribution >= 4 is 44.7 Å². The van der Waals surface area contributed by atoms with Crippen molar-refractivity contribution in [2.45, 2.75) is 0 Å². The number of aromatic nitrogens is 3. The molecule has 4 aromatic rings. The Morgan fingerprint density at radius 1 is 1.10 bits per heavy atom. The van der Waals surface area contributed by atoms with Crippen LogP contribution in [0, 0.1) is 0 Å². The van der Waals surface area contributed by atoms with Crippen molar-refractivity contribution in [1.82, 2.24) is 19.9 Å². The smallest absolute Gasteiger partial charge is 0.269 e. The number of aromatic amines is 1. The number of carbonyl (C=O) groups is 1. The zero-order chi connectivity index (χ0) is 21.4. The Balaban J connectivity index is 1.40. The molecule has 1 amide bonds. The van der Waals surface area contributed by atoms with Crippen LogP contribution in [0.2, 0.25) is 5.02 Å². The number of H-pyrrole nitrogens is 1. The zero-order valence-electron chi connectivity index (χ0n) is 16.4. The maximum Gasteiger partial charge on any atom is 0.269 e. The number of hydrogen-bond donors (Lipinski definition) is 1. The van der Waals surface area contributed by atoms with E-state index in [9.17, 15) is 9.59 Å². The van der Waals surface area contributed by atoms with E-state index in [1.165, 1.54) is 11.3 Å². The maximum absolute atomic E-state index is 13.3. The molecule has 0 bridgehead atoms. The predicted molar refractivity (Wildman–Crippen MR) is 123 cm³/mol. The van der Waals surface area contributed by atoms with Crippen LogP contribution < -0.4 is 10.5 Å². The van der Waals surface area contributed by atoms with Gasteiger partial charge in [0.25, 0.3) is 11.5 Å². The van der Waals surface area contributed by atoms with Crippen LogP contribution in [-0.4, -0.2) is 51.9 Å². The van der Waals surface area contributed by atoms with Crippen molar-refractivity contribution in [2.24, 2.45) is 0 Å². The van der Waals surface area contributed by atoms with E-state index >= 15 is 0 Å². The fourth-order valence-corrected chi connectivity index (χ4v) is 4.77. The third kappa shape index (κ3) is 3.80. The number of nitrogens with zero attached hydrogens (tertiary/aromatic N) is 4. The van der Waals surface area contributed by atoms with Crippen LogP contribution in [0.15, 0.2) is 58.8 Å². The van der Waals surface area contributed by atoms with Crippen molar-refractivity contribution < 1.29 is 4.79 Å². The lowest BCUT2D eigenvalue weighted by Gasteiger charge is -2.36. The average Bonchev–Trinajstić information content (AvgIpc) is 3.24. The lowest BCUT2D eigenvalue weighted by atomic mass is 10.2. The van der Waals surface area contributed by atoms with Gasteiger partial charge < -0.3 is 14.8 Å². The third-order valence-electron chi connectivity index (χ3n) is 5.30. The minimum atomic E-state index is -0.263. The molecular formula is C22H18ClN5O2S. The Labute approximate surface area is 186 Å². The Morgan fingerprint density at radius 2 is 1.94 bits per heavy atom. The molecule has 1 aromatic carbocycles. The number of fused-ring (bicyclic) bond motifs is 1. The molecule has 0 aliphatic carbocycles. The van der Waals surface area contributed by atoms with Gasteiger partial charge in [0.05, 0.1) is 5.56 Å². The summed E-state index contributed by atoms with van der Waals surface area (Å²) in [6, 6.07) is 13.1. The van der Waals surface area contributed by atoms with E-state index in [0.29, 0.717) is 58.5 Å². The standard InChI is InChI=1S/C22H18ClN5O2S/c23-14-4-3-5-15(12-14)27-8-10-28(11-9-27)22(30)16-13-31-19-18(16)25-20(26-21(19)29)17-6-1-2-7-24-17/h1-7,12-13H,8-11H2,(H,25,26,29). The van der Waals surface area contributed by atoms with Gasteiger partial charge >= 0.3 is 0 Å². The van der Waals surface area contributed by atoms with Crippen molar-refractivity contribution in [1.29, 1.82) is 0 Å². The van der Waals surface area contributed by atoms with Crippen LogP contribution in [0.3, 0.4) is 0 Å². The van der Waals surface area contributed by atoms with Crippen molar-refractivity contribution in [2.75, 3.05) is 31.1 Å². The van der Waals surface area contributed by atoms with Gasteiger partial charge in [-0.1, -0.05) is 23.7 Å². The fraction of sp³-hybridized carbons (Fsp3) is 0.182. The van der Waals surface area contributed by atoms with E-state index in [0.717, 1.165) is 5.69 Å². The van der Waals surface area contributed by atoms with E-state index in [1.54, 1.807) is 23.7 Å². The second kappa shape index (κ2) is 8.13. The molecule has 3 aromatic heterocycles. The molecule has 0 spiro atoms. The predicted octanol–water partition coefficient (Wildman–Crippen LogP) is 3.66. The molecule has 0 saturated carbocycles. The molecular weight excluding hydrogens is 434 g/mol. The first kappa shape index (κ1) is 19.7. The first-order chi connectivity index (χ1) is 15.1. The monoisotopic (exact) mass is 451 g/mol. The first-order valence-corrected chi connectivity index (χ1v) is 11.1. The summed E-state index contributed by atoms with van der Waals surface area (Å²) in [5.74, 6) is 0.249. The zero-order valence-corrected chi connectivity index (χ0v) is 18.0. The number of nitrogens with one attached hydrogen (secondary N) is 1. The van der Waals surface area contributed by atoms with E-state index in [2.05, 4.69) is 19.9 Å². The summed E-state index contributed by atoms with van der Waals surface area (Å²) in [6.45, 7) is 2.58. The van der Waals surface area contributed by atoms with Crippen molar-refractivity contribution in [3.05, 3.63) is 75.0 Å². The lowest BCUT2D eigenvalue weighted by Crippen LogP contribution is -2.48. The lowest BCUT2D eigenvalue weighted by molar-refractivity contribution is 0.0749. The molecule has 1 fully saturated rings. The van der Waals surface area contributed by atoms with Gasteiger partial charge in [0.2, 0.25) is 0 Å². The SMILES string of the molecule is O=C(c1csc2c(=O)[nH]c(-c3ccccn3)nc12)N1CCN(c2cccc(Cl)c2)CC1. The quantitative estimate of drug-likeness (QED) is 0.514. The third-order valence-corrected chi connectivity index (χ3v) is 6.51. The van der Waals surface area contributed by atoms with E-state index in [4.69, 9.17) is 11.6 Å². The number of hydrogen-bond acceptors (Lipinski definition) is 6. The van der Waals surface area contributed by atoms with Gasteiger partial charge in [-0.15, -0.1) is 11.3 Å². The minimum absolute atomic E-state index is 0.109. The van der Waals surface area contributed by atoms with Gasteiger partial charge in [0, 0.05) is 48.5 Å². The molecule has 0 atom stereocenters. The Hall–Kier alpha value is -3.23. The van der Waals surface area contributed by atoms with Crippen molar-refractivity contribution in [3.63, 3.8) is 0 Å². The molecule has 0 unspecified atom stereocenters. The number of amides is 1. The molecule has 1 N–H and O–H groups in total. The molecule has 156 valence electrons. The molecule has 1 saturated heterocycles. The van der Waals surface area contributed by atoms with Crippen LogP contribution in [-0.2, 0) is 0 Å². The fourth-order valence-electron chi connectivity index (χ4n) is 3.71. The molecule has 5 rings (SSSR count). The Morgan fingerprint density at radius 3 is 2.68 bits per heavy atom. The van der Waals surface area contributed by atoms with Gasteiger partial charge in [-0.3, -0.25) is 14.6 Å². The number of carbonyl (C=O) groups excluding carboxylic acids is 1. The van der Waals surface area contributed by atoms with Gasteiger partial charge in [0.15, 0.2) is 5.82 Å². The number of anilines is 1. The summed E-state index contributed by atoms with van der Waals surface area (Å²) in [6.07, 6.45) is 1.64. The van der Waals surface area contributed by atoms with Gasteiger partial charge in [-0.05, 0) is 30.3 Å². The first-order valence-electron chi connectivity index (χ1n) is 9.83. The number of rotatable bonds is 3. The molecule has 4 heterocycles. The highest BCUT2D eigenvalue weighted by atomic mass is 35.5. The van der Waals surface area contributed by atoms with Gasteiger partial charge in [-0.2, -0.15) is 0 Å². The second-order valence-corrected chi connectivity index (χ2v) is 8.53. The number of benzene rings is 1. The topological polar surface area (TPSA) is 82.2 Å². The van der Waals surface area contributed by atoms with E-state index in [-0.39, 0.29) is 11.5 Å². The van der Waals surface area contributed by atoms with Crippen LogP contribution >= 0.6 is 22.9 Å². The summed E-state index contributed by atoms with van der Waals surface area (Å²) < 4.78 is 0.445. The molecule has 1 aliphatic rings. The number of thiophene rings is 1.